The zero-order valence-corrected chi connectivity index (χ0v) is 14.1. The lowest BCUT2D eigenvalue weighted by Gasteiger charge is -2.24. The van der Waals surface area contributed by atoms with Crippen LogP contribution in [0.15, 0.2) is 24.3 Å². The molecule has 0 aliphatic heterocycles. The van der Waals surface area contributed by atoms with Gasteiger partial charge in [0, 0.05) is 12.6 Å². The molecule has 0 bridgehead atoms. The summed E-state index contributed by atoms with van der Waals surface area (Å²) in [6.45, 7) is 6.79. The Morgan fingerprint density at radius 2 is 1.83 bits per heavy atom. The number of hydrogen-bond acceptors (Lipinski definition) is 5. The van der Waals surface area contributed by atoms with Crippen LogP contribution in [0.5, 0.6) is 5.75 Å². The highest BCUT2D eigenvalue weighted by Crippen LogP contribution is 2.25. The monoisotopic (exact) mass is 324 g/mol. The summed E-state index contributed by atoms with van der Waals surface area (Å²) in [7, 11) is 0. The Bertz CT molecular complexity index is 460. The van der Waals surface area contributed by atoms with Crippen molar-refractivity contribution in [3.8, 4) is 5.75 Å². The van der Waals surface area contributed by atoms with Gasteiger partial charge in [0.05, 0.1) is 4.92 Å². The van der Waals surface area contributed by atoms with Crippen molar-refractivity contribution in [1.29, 1.82) is 0 Å². The first kappa shape index (κ1) is 19.4. The Morgan fingerprint density at radius 1 is 1.22 bits per heavy atom. The summed E-state index contributed by atoms with van der Waals surface area (Å²) in [5, 5.41) is 21.1. The minimum atomic E-state index is -0.663. The number of nitro benzene ring substituents is 1. The Morgan fingerprint density at radius 3 is 2.39 bits per heavy atom. The molecule has 1 aromatic carbocycles. The topological polar surface area (TPSA) is 75.8 Å². The molecule has 0 aromatic heterocycles. The maximum absolute atomic E-state index is 10.9. The van der Waals surface area contributed by atoms with Gasteiger partial charge < -0.3 is 14.7 Å². The van der Waals surface area contributed by atoms with E-state index in [9.17, 15) is 15.2 Å². The summed E-state index contributed by atoms with van der Waals surface area (Å²) in [4.78, 5) is 12.7. The summed E-state index contributed by atoms with van der Waals surface area (Å²) in [6.07, 6.45) is 3.77. The van der Waals surface area contributed by atoms with Crippen LogP contribution < -0.4 is 4.74 Å². The SMILES string of the molecule is CCCCN(CCCC)C[C@H](O)COc1ccccc1[N+](=O)[O-]. The van der Waals surface area contributed by atoms with Gasteiger partial charge in [-0.1, -0.05) is 38.8 Å². The molecule has 0 fully saturated rings. The highest BCUT2D eigenvalue weighted by Gasteiger charge is 2.16. The van der Waals surface area contributed by atoms with E-state index in [0.29, 0.717) is 6.54 Å². The van der Waals surface area contributed by atoms with Gasteiger partial charge >= 0.3 is 5.69 Å². The number of aliphatic hydroxyl groups is 1. The Kier molecular flexibility index (Phi) is 9.24. The van der Waals surface area contributed by atoms with Crippen LogP contribution in [-0.4, -0.2) is 47.3 Å². The summed E-state index contributed by atoms with van der Waals surface area (Å²) in [5.41, 5.74) is -0.0754. The minimum Gasteiger partial charge on any atom is -0.484 e. The molecule has 6 nitrogen and oxygen atoms in total. The van der Waals surface area contributed by atoms with Crippen molar-refractivity contribution in [1.82, 2.24) is 4.90 Å². The van der Waals surface area contributed by atoms with Crippen molar-refractivity contribution in [3.05, 3.63) is 34.4 Å². The van der Waals surface area contributed by atoms with Crippen LogP contribution in [0.3, 0.4) is 0 Å². The quantitative estimate of drug-likeness (QED) is 0.472. The predicted octanol–water partition coefficient (Wildman–Crippen LogP) is 3.24. The first-order valence-corrected chi connectivity index (χ1v) is 8.35. The molecule has 0 spiro atoms. The third kappa shape index (κ3) is 7.43. The van der Waals surface area contributed by atoms with Crippen molar-refractivity contribution in [3.63, 3.8) is 0 Å². The lowest BCUT2D eigenvalue weighted by molar-refractivity contribution is -0.385. The fourth-order valence-electron chi connectivity index (χ4n) is 2.32. The van der Waals surface area contributed by atoms with E-state index in [1.165, 1.54) is 6.07 Å². The molecule has 0 saturated heterocycles. The summed E-state index contributed by atoms with van der Waals surface area (Å²) in [5.74, 6) is 0.199. The van der Waals surface area contributed by atoms with Crippen molar-refractivity contribution < 1.29 is 14.8 Å². The highest BCUT2D eigenvalue weighted by atomic mass is 16.6. The molecule has 0 amide bonds. The molecule has 0 unspecified atom stereocenters. The summed E-state index contributed by atoms with van der Waals surface area (Å²) < 4.78 is 5.45. The fourth-order valence-corrected chi connectivity index (χ4v) is 2.32. The second kappa shape index (κ2) is 11.0. The largest absolute Gasteiger partial charge is 0.484 e. The van der Waals surface area contributed by atoms with Gasteiger partial charge in [0.15, 0.2) is 5.75 Å². The molecule has 1 atom stereocenters. The molecule has 0 heterocycles. The van der Waals surface area contributed by atoms with Gasteiger partial charge in [0.2, 0.25) is 0 Å². The lowest BCUT2D eigenvalue weighted by atomic mass is 10.2. The van der Waals surface area contributed by atoms with E-state index in [-0.39, 0.29) is 18.0 Å². The summed E-state index contributed by atoms with van der Waals surface area (Å²) in [6, 6.07) is 6.23. The number of unbranched alkanes of at least 4 members (excludes halogenated alkanes) is 2. The molecule has 23 heavy (non-hydrogen) atoms. The number of nitro groups is 1. The van der Waals surface area contributed by atoms with E-state index in [1.54, 1.807) is 18.2 Å². The second-order valence-electron chi connectivity index (χ2n) is 5.70. The van der Waals surface area contributed by atoms with Gasteiger partial charge in [-0.15, -0.1) is 0 Å². The fraction of sp³-hybridized carbons (Fsp3) is 0.647. The molecule has 6 heteroatoms. The van der Waals surface area contributed by atoms with Crippen LogP contribution >= 0.6 is 0 Å². The third-order valence-electron chi connectivity index (χ3n) is 3.62. The van der Waals surface area contributed by atoms with Crippen LogP contribution in [0, 0.1) is 10.1 Å². The highest BCUT2D eigenvalue weighted by molar-refractivity contribution is 5.45. The normalized spacial score (nSPS) is 12.3. The summed E-state index contributed by atoms with van der Waals surface area (Å²) >= 11 is 0. The van der Waals surface area contributed by atoms with Crippen molar-refractivity contribution in [2.45, 2.75) is 45.6 Å². The molecule has 1 N–H and O–H groups in total. The Labute approximate surface area is 138 Å². The maximum atomic E-state index is 10.9. The second-order valence-corrected chi connectivity index (χ2v) is 5.70. The smallest absolute Gasteiger partial charge is 0.310 e. The van der Waals surface area contributed by atoms with Crippen molar-refractivity contribution in [2.24, 2.45) is 0 Å². The van der Waals surface area contributed by atoms with E-state index in [4.69, 9.17) is 4.74 Å². The van der Waals surface area contributed by atoms with Gasteiger partial charge in [0.1, 0.15) is 12.7 Å². The standard InChI is InChI=1S/C17H28N2O4/c1-3-5-11-18(12-6-4-2)13-15(20)14-23-17-10-8-7-9-16(17)19(21)22/h7-10,15,20H,3-6,11-14H2,1-2H3/t15-/m0/s1. The van der Waals surface area contributed by atoms with Crippen LogP contribution in [-0.2, 0) is 0 Å². The number of rotatable bonds is 12. The predicted molar refractivity (Wildman–Crippen MR) is 90.9 cm³/mol. The molecule has 0 radical (unpaired) electrons. The van der Waals surface area contributed by atoms with Gasteiger partial charge in [-0.05, 0) is 32.0 Å². The maximum Gasteiger partial charge on any atom is 0.310 e. The molecule has 0 saturated carbocycles. The minimum absolute atomic E-state index is 0.0552. The average molecular weight is 324 g/mol. The van der Waals surface area contributed by atoms with Gasteiger partial charge in [-0.25, -0.2) is 0 Å². The van der Waals surface area contributed by atoms with E-state index >= 15 is 0 Å². The van der Waals surface area contributed by atoms with E-state index in [0.717, 1.165) is 38.8 Å². The average Bonchev–Trinajstić information content (AvgIpc) is 2.55. The number of hydrogen-bond donors (Lipinski definition) is 1. The van der Waals surface area contributed by atoms with E-state index in [2.05, 4.69) is 18.7 Å². The van der Waals surface area contributed by atoms with Crippen molar-refractivity contribution in [2.75, 3.05) is 26.2 Å². The molecular formula is C17H28N2O4. The number of ether oxygens (including phenoxy) is 1. The zero-order valence-electron chi connectivity index (χ0n) is 14.1. The molecule has 130 valence electrons. The molecule has 0 aliphatic rings. The third-order valence-corrected chi connectivity index (χ3v) is 3.62. The molecule has 1 rings (SSSR count). The lowest BCUT2D eigenvalue weighted by Crippen LogP contribution is -2.37. The van der Waals surface area contributed by atoms with Gasteiger partial charge in [-0.3, -0.25) is 10.1 Å². The van der Waals surface area contributed by atoms with Gasteiger partial charge in [-0.2, -0.15) is 0 Å². The molecule has 1 aromatic rings. The molecule has 0 aliphatic carbocycles. The number of aliphatic hydroxyl groups excluding tert-OH is 1. The molecular weight excluding hydrogens is 296 g/mol. The van der Waals surface area contributed by atoms with Crippen LogP contribution in [0.2, 0.25) is 0 Å². The van der Waals surface area contributed by atoms with Crippen molar-refractivity contribution >= 4 is 5.69 Å². The zero-order chi connectivity index (χ0) is 17.1. The van der Waals surface area contributed by atoms with Gasteiger partial charge in [0.25, 0.3) is 0 Å². The first-order chi connectivity index (χ1) is 11.1. The van der Waals surface area contributed by atoms with Crippen LogP contribution in [0.4, 0.5) is 5.69 Å². The first-order valence-electron chi connectivity index (χ1n) is 8.35. The van der Waals surface area contributed by atoms with Crippen LogP contribution in [0.25, 0.3) is 0 Å². The van der Waals surface area contributed by atoms with E-state index < -0.39 is 11.0 Å². The number of nitrogens with zero attached hydrogens (tertiary/aromatic N) is 2. The number of para-hydroxylation sites is 2. The number of benzene rings is 1. The van der Waals surface area contributed by atoms with E-state index in [1.807, 2.05) is 0 Å². The van der Waals surface area contributed by atoms with Crippen LogP contribution in [0.1, 0.15) is 39.5 Å². The Balaban J connectivity index is 2.51. The Hall–Kier alpha value is -1.66.